The van der Waals surface area contributed by atoms with Crippen LogP contribution in [-0.2, 0) is 4.74 Å². The highest BCUT2D eigenvalue weighted by Crippen LogP contribution is 2.36. The van der Waals surface area contributed by atoms with Crippen LogP contribution in [0.5, 0.6) is 5.75 Å². The monoisotopic (exact) mass is 311 g/mol. The first kappa shape index (κ1) is 14.8. The van der Waals surface area contributed by atoms with Crippen LogP contribution in [0.15, 0.2) is 18.2 Å². The molecule has 0 amide bonds. The van der Waals surface area contributed by atoms with Crippen molar-refractivity contribution in [3.63, 3.8) is 0 Å². The van der Waals surface area contributed by atoms with Crippen molar-refractivity contribution >= 4 is 28.9 Å². The fourth-order valence-electron chi connectivity index (χ4n) is 1.74. The van der Waals surface area contributed by atoms with E-state index in [9.17, 15) is 4.79 Å². The maximum Gasteiger partial charge on any atom is 0.350 e. The number of halogens is 1. The molecule has 0 saturated heterocycles. The lowest BCUT2D eigenvalue weighted by molar-refractivity contribution is 0.0531. The van der Waals surface area contributed by atoms with Crippen molar-refractivity contribution in [3.8, 4) is 16.3 Å². The van der Waals surface area contributed by atoms with Gasteiger partial charge < -0.3 is 9.47 Å². The van der Waals surface area contributed by atoms with Gasteiger partial charge in [-0.2, -0.15) is 0 Å². The highest BCUT2D eigenvalue weighted by molar-refractivity contribution is 7.17. The molecule has 2 aromatic rings. The topological polar surface area (TPSA) is 48.4 Å². The van der Waals surface area contributed by atoms with Gasteiger partial charge in [0.2, 0.25) is 0 Å². The number of carbonyl (C=O) groups excluding carboxylic acids is 1. The summed E-state index contributed by atoms with van der Waals surface area (Å²) in [6, 6.07) is 5.31. The van der Waals surface area contributed by atoms with Crippen molar-refractivity contribution in [1.82, 2.24) is 4.98 Å². The van der Waals surface area contributed by atoms with Crippen LogP contribution in [-0.4, -0.2) is 24.7 Å². The van der Waals surface area contributed by atoms with Crippen molar-refractivity contribution < 1.29 is 14.3 Å². The van der Waals surface area contributed by atoms with Crippen molar-refractivity contribution in [2.24, 2.45) is 0 Å². The highest BCUT2D eigenvalue weighted by Gasteiger charge is 2.19. The zero-order valence-corrected chi connectivity index (χ0v) is 13.0. The fraction of sp³-hybridized carbons (Fsp3) is 0.286. The van der Waals surface area contributed by atoms with Crippen LogP contribution in [0.3, 0.4) is 0 Å². The van der Waals surface area contributed by atoms with E-state index in [1.54, 1.807) is 33.1 Å². The Labute approximate surface area is 126 Å². The van der Waals surface area contributed by atoms with Crippen molar-refractivity contribution in [2.75, 3.05) is 13.7 Å². The molecule has 1 aromatic heterocycles. The molecule has 0 radical (unpaired) electrons. The largest absolute Gasteiger partial charge is 0.496 e. The minimum atomic E-state index is -0.346. The molecular formula is C14H14ClNO3S. The number of thiazole rings is 1. The third-order valence-corrected chi connectivity index (χ3v) is 4.06. The Morgan fingerprint density at radius 3 is 2.85 bits per heavy atom. The number of methoxy groups -OCH3 is 1. The molecule has 0 aliphatic heterocycles. The lowest BCUT2D eigenvalue weighted by Gasteiger charge is -2.05. The summed E-state index contributed by atoms with van der Waals surface area (Å²) in [6.07, 6.45) is 0. The van der Waals surface area contributed by atoms with Gasteiger partial charge in [-0.05, 0) is 32.0 Å². The molecule has 1 heterocycles. The van der Waals surface area contributed by atoms with Gasteiger partial charge in [0.15, 0.2) is 0 Å². The lowest BCUT2D eigenvalue weighted by Crippen LogP contribution is -2.03. The van der Waals surface area contributed by atoms with E-state index in [-0.39, 0.29) is 5.97 Å². The van der Waals surface area contributed by atoms with Gasteiger partial charge in [0.25, 0.3) is 0 Å². The van der Waals surface area contributed by atoms with Crippen molar-refractivity contribution in [3.05, 3.63) is 33.8 Å². The molecule has 0 spiro atoms. The van der Waals surface area contributed by atoms with E-state index in [1.807, 2.05) is 6.07 Å². The van der Waals surface area contributed by atoms with Gasteiger partial charge in [-0.3, -0.25) is 0 Å². The maximum atomic E-state index is 11.8. The SMILES string of the molecule is CCOC(=O)c1sc(-c2ccc(Cl)cc2OC)nc1C. The summed E-state index contributed by atoms with van der Waals surface area (Å²) in [5.41, 5.74) is 1.46. The number of hydrogen-bond acceptors (Lipinski definition) is 5. The molecule has 0 unspecified atom stereocenters. The predicted molar refractivity (Wildman–Crippen MR) is 79.8 cm³/mol. The Kier molecular flexibility index (Phi) is 4.62. The van der Waals surface area contributed by atoms with Crippen LogP contribution in [0, 0.1) is 6.92 Å². The summed E-state index contributed by atoms with van der Waals surface area (Å²) in [7, 11) is 1.57. The summed E-state index contributed by atoms with van der Waals surface area (Å²) in [6.45, 7) is 3.90. The number of aromatic nitrogens is 1. The number of nitrogens with zero attached hydrogens (tertiary/aromatic N) is 1. The van der Waals surface area contributed by atoms with Crippen LogP contribution in [0.1, 0.15) is 22.3 Å². The van der Waals surface area contributed by atoms with Gasteiger partial charge in [0, 0.05) is 5.02 Å². The van der Waals surface area contributed by atoms with E-state index in [4.69, 9.17) is 21.1 Å². The third-order valence-electron chi connectivity index (χ3n) is 2.65. The molecule has 106 valence electrons. The molecular weight excluding hydrogens is 298 g/mol. The number of rotatable bonds is 4. The van der Waals surface area contributed by atoms with Gasteiger partial charge >= 0.3 is 5.97 Å². The molecule has 0 N–H and O–H groups in total. The van der Waals surface area contributed by atoms with Crippen molar-refractivity contribution in [1.29, 1.82) is 0 Å². The molecule has 0 atom stereocenters. The molecule has 0 aliphatic rings. The first-order valence-electron chi connectivity index (χ1n) is 6.05. The zero-order valence-electron chi connectivity index (χ0n) is 11.4. The first-order chi connectivity index (χ1) is 9.56. The standard InChI is InChI=1S/C14H14ClNO3S/c1-4-19-14(17)12-8(2)16-13(20-12)10-6-5-9(15)7-11(10)18-3/h5-7H,4H2,1-3H3. The van der Waals surface area contributed by atoms with E-state index in [0.717, 1.165) is 5.56 Å². The number of aryl methyl sites for hydroxylation is 1. The van der Waals surface area contributed by atoms with E-state index >= 15 is 0 Å². The highest BCUT2D eigenvalue weighted by atomic mass is 35.5. The molecule has 20 heavy (non-hydrogen) atoms. The second-order valence-corrected chi connectivity index (χ2v) is 5.43. The Bertz CT molecular complexity index is 639. The summed E-state index contributed by atoms with van der Waals surface area (Å²) in [5.74, 6) is 0.281. The van der Waals surface area contributed by atoms with Gasteiger partial charge in [0.1, 0.15) is 15.6 Å². The first-order valence-corrected chi connectivity index (χ1v) is 7.24. The van der Waals surface area contributed by atoms with Crippen molar-refractivity contribution in [2.45, 2.75) is 13.8 Å². The van der Waals surface area contributed by atoms with Crippen LogP contribution in [0.2, 0.25) is 5.02 Å². The molecule has 4 nitrogen and oxygen atoms in total. The quantitative estimate of drug-likeness (QED) is 0.802. The van der Waals surface area contributed by atoms with Crippen LogP contribution < -0.4 is 4.74 Å². The van der Waals surface area contributed by atoms with Gasteiger partial charge in [-0.1, -0.05) is 11.6 Å². The number of ether oxygens (including phenoxy) is 2. The summed E-state index contributed by atoms with van der Waals surface area (Å²) >= 11 is 7.23. The zero-order chi connectivity index (χ0) is 14.7. The Balaban J connectivity index is 2.44. The van der Waals surface area contributed by atoms with Gasteiger partial charge in [-0.15, -0.1) is 11.3 Å². The van der Waals surface area contributed by atoms with Crippen LogP contribution in [0.4, 0.5) is 0 Å². The molecule has 2 rings (SSSR count). The van der Waals surface area contributed by atoms with E-state index < -0.39 is 0 Å². The Morgan fingerprint density at radius 2 is 2.20 bits per heavy atom. The van der Waals surface area contributed by atoms with Crippen LogP contribution >= 0.6 is 22.9 Å². The van der Waals surface area contributed by atoms with E-state index in [1.165, 1.54) is 11.3 Å². The molecule has 1 aromatic carbocycles. The van der Waals surface area contributed by atoms with Gasteiger partial charge in [-0.25, -0.2) is 9.78 Å². The maximum absolute atomic E-state index is 11.8. The molecule has 6 heteroatoms. The minimum absolute atomic E-state index is 0.343. The Morgan fingerprint density at radius 1 is 1.45 bits per heavy atom. The third kappa shape index (κ3) is 2.94. The number of hydrogen-bond donors (Lipinski definition) is 0. The molecule has 0 aliphatic carbocycles. The smallest absolute Gasteiger partial charge is 0.350 e. The Hall–Kier alpha value is -1.59. The van der Waals surface area contributed by atoms with Crippen LogP contribution in [0.25, 0.3) is 10.6 Å². The minimum Gasteiger partial charge on any atom is -0.496 e. The number of carbonyl (C=O) groups is 1. The molecule has 0 bridgehead atoms. The predicted octanol–water partition coefficient (Wildman–Crippen LogP) is 3.96. The number of benzene rings is 1. The second-order valence-electron chi connectivity index (χ2n) is 4.00. The normalized spacial score (nSPS) is 10.4. The number of esters is 1. The summed E-state index contributed by atoms with van der Waals surface area (Å²) in [5, 5.41) is 1.29. The molecule has 0 fully saturated rings. The van der Waals surface area contributed by atoms with Gasteiger partial charge in [0.05, 0.1) is 25.0 Å². The fourth-order valence-corrected chi connectivity index (χ4v) is 2.89. The van der Waals surface area contributed by atoms with E-state index in [2.05, 4.69) is 4.98 Å². The summed E-state index contributed by atoms with van der Waals surface area (Å²) in [4.78, 5) is 16.7. The average Bonchev–Trinajstić information content (AvgIpc) is 2.80. The molecule has 0 saturated carbocycles. The summed E-state index contributed by atoms with van der Waals surface area (Å²) < 4.78 is 10.3. The lowest BCUT2D eigenvalue weighted by atomic mass is 10.2. The van der Waals surface area contributed by atoms with E-state index in [0.29, 0.717) is 33.0 Å². The second kappa shape index (κ2) is 6.24. The average molecular weight is 312 g/mol.